The van der Waals surface area contributed by atoms with Gasteiger partial charge in [0.2, 0.25) is 0 Å². The predicted octanol–water partition coefficient (Wildman–Crippen LogP) is 1.51. The fourth-order valence-corrected chi connectivity index (χ4v) is 1.45. The van der Waals surface area contributed by atoms with Crippen molar-refractivity contribution in [3.05, 3.63) is 40.5 Å². The lowest BCUT2D eigenvalue weighted by Crippen LogP contribution is -2.32. The van der Waals surface area contributed by atoms with Crippen LogP contribution in [-0.2, 0) is 6.18 Å². The van der Waals surface area contributed by atoms with Gasteiger partial charge in [-0.1, -0.05) is 18.2 Å². The third kappa shape index (κ3) is 1.93. The standard InChI is InChI=1S/C11H8F3NO/c12-11(13,14)9-6-5-7-3-1-2-4-8(16)10(7)15-9/h2-6,16H,1H2. The smallest absolute Gasteiger partial charge is 0.433 e. The minimum absolute atomic E-state index is 0.0245. The van der Waals surface area contributed by atoms with Crippen LogP contribution in [0, 0.1) is 0 Å². The maximum Gasteiger partial charge on any atom is 0.433 e. The lowest BCUT2D eigenvalue weighted by atomic mass is 10.2. The molecule has 5 heteroatoms. The molecule has 1 heterocycles. The first-order valence-electron chi connectivity index (χ1n) is 4.63. The van der Waals surface area contributed by atoms with E-state index in [0.717, 1.165) is 6.07 Å². The molecular formula is C11H8F3NO. The van der Waals surface area contributed by atoms with Crippen LogP contribution in [0.25, 0.3) is 11.8 Å². The molecule has 1 aromatic rings. The average Bonchev–Trinajstić information content (AvgIpc) is 2.39. The van der Waals surface area contributed by atoms with E-state index >= 15 is 0 Å². The Morgan fingerprint density at radius 1 is 1.25 bits per heavy atom. The van der Waals surface area contributed by atoms with E-state index in [9.17, 15) is 18.3 Å². The first-order chi connectivity index (χ1) is 7.48. The second kappa shape index (κ2) is 3.66. The van der Waals surface area contributed by atoms with Crippen molar-refractivity contribution in [2.45, 2.75) is 12.6 Å². The molecule has 0 amide bonds. The van der Waals surface area contributed by atoms with Crippen LogP contribution in [0.2, 0.25) is 0 Å². The number of pyridine rings is 1. The van der Waals surface area contributed by atoms with Gasteiger partial charge in [-0.05, 0) is 18.6 Å². The highest BCUT2D eigenvalue weighted by Gasteiger charge is 2.32. The molecule has 0 unspecified atom stereocenters. The van der Waals surface area contributed by atoms with Gasteiger partial charge < -0.3 is 5.11 Å². The molecule has 1 aromatic heterocycles. The topological polar surface area (TPSA) is 33.1 Å². The number of hydrogen-bond donors (Lipinski definition) is 1. The maximum atomic E-state index is 12.4. The Bertz CT molecular complexity index is 558. The van der Waals surface area contributed by atoms with E-state index in [4.69, 9.17) is 0 Å². The number of allylic oxidation sites excluding steroid dienone is 1. The summed E-state index contributed by atoms with van der Waals surface area (Å²) >= 11 is 0. The summed E-state index contributed by atoms with van der Waals surface area (Å²) in [5, 5.41) is 10.00. The van der Waals surface area contributed by atoms with Crippen molar-refractivity contribution in [3.63, 3.8) is 0 Å². The molecule has 16 heavy (non-hydrogen) atoms. The van der Waals surface area contributed by atoms with Crippen molar-refractivity contribution < 1.29 is 18.3 Å². The molecule has 0 radical (unpaired) electrons. The second-order valence-electron chi connectivity index (χ2n) is 3.36. The Morgan fingerprint density at radius 2 is 2.00 bits per heavy atom. The van der Waals surface area contributed by atoms with Gasteiger partial charge in [0.1, 0.15) is 16.8 Å². The highest BCUT2D eigenvalue weighted by Crippen LogP contribution is 2.25. The van der Waals surface area contributed by atoms with E-state index in [1.54, 1.807) is 12.2 Å². The largest absolute Gasteiger partial charge is 0.506 e. The Kier molecular flexibility index (Phi) is 2.46. The van der Waals surface area contributed by atoms with Crippen LogP contribution in [-0.4, -0.2) is 10.1 Å². The molecule has 0 atom stereocenters. The van der Waals surface area contributed by atoms with Crippen LogP contribution in [0.1, 0.15) is 12.1 Å². The number of rotatable bonds is 0. The zero-order valence-corrected chi connectivity index (χ0v) is 8.12. The molecule has 2 nitrogen and oxygen atoms in total. The molecule has 0 aliphatic heterocycles. The molecular weight excluding hydrogens is 219 g/mol. The molecule has 0 saturated carbocycles. The van der Waals surface area contributed by atoms with Crippen LogP contribution in [0.3, 0.4) is 0 Å². The average molecular weight is 227 g/mol. The predicted molar refractivity (Wildman–Crippen MR) is 52.7 cm³/mol. The number of hydrogen-bond acceptors (Lipinski definition) is 2. The number of aliphatic hydroxyl groups is 1. The van der Waals surface area contributed by atoms with Crippen molar-refractivity contribution in [2.75, 3.05) is 0 Å². The van der Waals surface area contributed by atoms with Gasteiger partial charge in [0.25, 0.3) is 0 Å². The summed E-state index contributed by atoms with van der Waals surface area (Å²) in [6.45, 7) is 0. The van der Waals surface area contributed by atoms with Gasteiger partial charge in [0.05, 0.1) is 0 Å². The first kappa shape index (κ1) is 10.7. The number of aliphatic hydroxyl groups excluding tert-OH is 1. The van der Waals surface area contributed by atoms with Gasteiger partial charge in [-0.3, -0.25) is 0 Å². The molecule has 1 aliphatic carbocycles. The molecule has 0 bridgehead atoms. The molecule has 1 N–H and O–H groups in total. The zero-order chi connectivity index (χ0) is 11.8. The quantitative estimate of drug-likeness (QED) is 0.728. The van der Waals surface area contributed by atoms with Gasteiger partial charge >= 0.3 is 6.18 Å². The molecule has 0 saturated heterocycles. The molecule has 84 valence electrons. The second-order valence-corrected chi connectivity index (χ2v) is 3.36. The lowest BCUT2D eigenvalue weighted by Gasteiger charge is -2.04. The van der Waals surface area contributed by atoms with Crippen LogP contribution in [0.5, 0.6) is 0 Å². The summed E-state index contributed by atoms with van der Waals surface area (Å²) in [6.07, 6.45) is 0.789. The monoisotopic (exact) mass is 227 g/mol. The fourth-order valence-electron chi connectivity index (χ4n) is 1.45. The van der Waals surface area contributed by atoms with Crippen LogP contribution in [0.15, 0.2) is 24.3 Å². The summed E-state index contributed by atoms with van der Waals surface area (Å²) in [6, 6.07) is 2.22. The minimum atomic E-state index is -4.49. The van der Waals surface area contributed by atoms with E-state index in [-0.39, 0.29) is 11.1 Å². The third-order valence-corrected chi connectivity index (χ3v) is 2.21. The van der Waals surface area contributed by atoms with E-state index in [2.05, 4.69) is 4.98 Å². The number of halogens is 3. The minimum Gasteiger partial charge on any atom is -0.506 e. The van der Waals surface area contributed by atoms with E-state index in [0.29, 0.717) is 11.6 Å². The summed E-state index contributed by atoms with van der Waals surface area (Å²) in [5.74, 6) is -0.241. The van der Waals surface area contributed by atoms with E-state index in [1.165, 1.54) is 12.1 Å². The molecule has 0 fully saturated rings. The fraction of sp³-hybridized carbons (Fsp3) is 0.182. The highest BCUT2D eigenvalue weighted by atomic mass is 19.4. The summed E-state index contributed by atoms with van der Waals surface area (Å²) in [7, 11) is 0. The molecule has 2 rings (SSSR count). The van der Waals surface area contributed by atoms with E-state index < -0.39 is 11.9 Å². The highest BCUT2D eigenvalue weighted by molar-refractivity contribution is 5.50. The van der Waals surface area contributed by atoms with Crippen molar-refractivity contribution in [1.29, 1.82) is 0 Å². The number of nitrogens with zero attached hydrogens (tertiary/aromatic N) is 1. The lowest BCUT2D eigenvalue weighted by molar-refractivity contribution is -0.141. The van der Waals surface area contributed by atoms with Gasteiger partial charge in [-0.15, -0.1) is 0 Å². The van der Waals surface area contributed by atoms with Crippen molar-refractivity contribution in [1.82, 2.24) is 4.98 Å². The summed E-state index contributed by atoms with van der Waals surface area (Å²) in [5.41, 5.74) is -0.999. The Hall–Kier alpha value is -1.78. The molecule has 0 aromatic carbocycles. The normalized spacial score (nSPS) is 15.3. The van der Waals surface area contributed by atoms with Crippen LogP contribution < -0.4 is 10.6 Å². The Morgan fingerprint density at radius 3 is 2.69 bits per heavy atom. The first-order valence-corrected chi connectivity index (χ1v) is 4.63. The Balaban J connectivity index is 2.75. The zero-order valence-electron chi connectivity index (χ0n) is 8.12. The van der Waals surface area contributed by atoms with Crippen LogP contribution in [0.4, 0.5) is 13.2 Å². The SMILES string of the molecule is OC1=c2nc(C(F)(F)F)ccc2=CCC=C1. The van der Waals surface area contributed by atoms with E-state index in [1.807, 2.05) is 0 Å². The molecule has 1 aliphatic rings. The molecule has 0 spiro atoms. The number of fused-ring (bicyclic) bond motifs is 1. The summed E-state index contributed by atoms with van der Waals surface area (Å²) < 4.78 is 37.2. The van der Waals surface area contributed by atoms with Gasteiger partial charge in [0.15, 0.2) is 0 Å². The van der Waals surface area contributed by atoms with Crippen molar-refractivity contribution in [2.24, 2.45) is 0 Å². The summed E-state index contributed by atoms with van der Waals surface area (Å²) in [4.78, 5) is 3.43. The Labute approximate surface area is 89.1 Å². The van der Waals surface area contributed by atoms with Gasteiger partial charge in [-0.25, -0.2) is 4.98 Å². The number of aromatic nitrogens is 1. The van der Waals surface area contributed by atoms with Crippen molar-refractivity contribution in [3.8, 4) is 0 Å². The van der Waals surface area contributed by atoms with Crippen LogP contribution >= 0.6 is 0 Å². The van der Waals surface area contributed by atoms with Crippen molar-refractivity contribution >= 4 is 11.8 Å². The van der Waals surface area contributed by atoms with Gasteiger partial charge in [-0.2, -0.15) is 13.2 Å². The van der Waals surface area contributed by atoms with Gasteiger partial charge in [0, 0.05) is 5.22 Å². The number of alkyl halides is 3. The maximum absolute atomic E-state index is 12.4. The third-order valence-electron chi connectivity index (χ3n) is 2.21.